The van der Waals surface area contributed by atoms with Crippen LogP contribution in [0.1, 0.15) is 26.2 Å². The zero-order valence-electron chi connectivity index (χ0n) is 11.2. The van der Waals surface area contributed by atoms with E-state index >= 15 is 0 Å². The van der Waals surface area contributed by atoms with Gasteiger partial charge in [-0.3, -0.25) is 9.88 Å². The number of imidazole rings is 1. The van der Waals surface area contributed by atoms with E-state index in [1.54, 1.807) is 25.6 Å². The van der Waals surface area contributed by atoms with Crippen LogP contribution in [-0.4, -0.2) is 43.3 Å². The molecule has 106 valence electrons. The van der Waals surface area contributed by atoms with Gasteiger partial charge in [0, 0.05) is 13.0 Å². The third-order valence-electron chi connectivity index (χ3n) is 3.70. The Morgan fingerprint density at radius 2 is 2.35 bits per heavy atom. The molecule has 1 unspecified atom stereocenters. The molecule has 20 heavy (non-hydrogen) atoms. The molecule has 0 spiro atoms. The molecule has 2 N–H and O–H groups in total. The number of hydrogen-bond donors (Lipinski definition) is 2. The lowest BCUT2D eigenvalue weighted by molar-refractivity contribution is -0.0779. The monoisotopic (exact) mass is 276 g/mol. The van der Waals surface area contributed by atoms with Crippen LogP contribution in [0.5, 0.6) is 5.75 Å². The number of pyridine rings is 1. The molecule has 0 aliphatic carbocycles. The van der Waals surface area contributed by atoms with Gasteiger partial charge >= 0.3 is 6.09 Å². The molecular weight excluding hydrogens is 260 g/mol. The number of carbonyl (C=O) groups is 1. The summed E-state index contributed by atoms with van der Waals surface area (Å²) >= 11 is 0. The number of nitrogens with zero attached hydrogens (tertiary/aromatic N) is 3. The highest BCUT2D eigenvalue weighted by Crippen LogP contribution is 2.33. The van der Waals surface area contributed by atoms with Crippen molar-refractivity contribution in [3.05, 3.63) is 18.7 Å². The van der Waals surface area contributed by atoms with Gasteiger partial charge in [0.1, 0.15) is 5.52 Å². The fraction of sp³-hybridized carbons (Fsp3) is 0.462. The van der Waals surface area contributed by atoms with Crippen LogP contribution in [0.25, 0.3) is 11.0 Å². The number of hydrogen-bond acceptors (Lipinski definition) is 4. The number of likely N-dealkylation sites (tertiary alicyclic amines) is 1. The van der Waals surface area contributed by atoms with Crippen molar-refractivity contribution in [2.75, 3.05) is 6.54 Å². The van der Waals surface area contributed by atoms with Crippen LogP contribution in [0.3, 0.4) is 0 Å². The van der Waals surface area contributed by atoms with E-state index in [1.165, 1.54) is 4.90 Å². The summed E-state index contributed by atoms with van der Waals surface area (Å²) in [6, 6.07) is 0. The smallest absolute Gasteiger partial charge is 0.410 e. The van der Waals surface area contributed by atoms with Crippen LogP contribution in [0, 0.1) is 0 Å². The van der Waals surface area contributed by atoms with E-state index in [0.29, 0.717) is 24.2 Å². The molecular formula is C13H16N4O3. The number of ether oxygens (including phenoxy) is 1. The molecule has 1 aliphatic heterocycles. The number of amides is 1. The Morgan fingerprint density at radius 3 is 3.15 bits per heavy atom. The summed E-state index contributed by atoms with van der Waals surface area (Å²) in [4.78, 5) is 24.0. The second kappa shape index (κ2) is 4.66. The zero-order chi connectivity index (χ0) is 14.2. The fourth-order valence-corrected chi connectivity index (χ4v) is 2.65. The van der Waals surface area contributed by atoms with Gasteiger partial charge in [-0.25, -0.2) is 9.78 Å². The number of rotatable bonds is 2. The molecule has 7 heteroatoms. The quantitative estimate of drug-likeness (QED) is 0.877. The molecule has 1 atom stereocenters. The number of aromatic amines is 1. The largest absolute Gasteiger partial charge is 0.465 e. The van der Waals surface area contributed by atoms with Gasteiger partial charge in [0.25, 0.3) is 0 Å². The average Bonchev–Trinajstić information content (AvgIpc) is 2.88. The van der Waals surface area contributed by atoms with Crippen LogP contribution >= 0.6 is 0 Å². The lowest BCUT2D eigenvalue weighted by Crippen LogP contribution is -2.55. The number of nitrogens with one attached hydrogen (secondary N) is 1. The number of fused-ring (bicyclic) bond motifs is 1. The van der Waals surface area contributed by atoms with E-state index < -0.39 is 11.8 Å². The predicted molar refractivity (Wildman–Crippen MR) is 71.5 cm³/mol. The standard InChI is InChI=1S/C13H16N4O3/c1-13(4-2-3-5-17(13)12(18)19)20-10-7-14-6-9-11(10)16-8-15-9/h6-8H,2-5H2,1H3,(H,15,16)(H,18,19). The summed E-state index contributed by atoms with van der Waals surface area (Å²) in [6.45, 7) is 2.28. The molecule has 1 saturated heterocycles. The van der Waals surface area contributed by atoms with Crippen molar-refractivity contribution in [3.8, 4) is 5.75 Å². The zero-order valence-corrected chi connectivity index (χ0v) is 11.2. The number of piperidine rings is 1. The van der Waals surface area contributed by atoms with Crippen molar-refractivity contribution in [1.29, 1.82) is 0 Å². The summed E-state index contributed by atoms with van der Waals surface area (Å²) in [6.07, 6.45) is 6.28. The van der Waals surface area contributed by atoms with E-state index in [4.69, 9.17) is 4.74 Å². The number of carboxylic acid groups (broad SMARTS) is 1. The maximum atomic E-state index is 11.4. The van der Waals surface area contributed by atoms with Crippen LogP contribution < -0.4 is 4.74 Å². The molecule has 1 aliphatic rings. The predicted octanol–water partition coefficient (Wildman–Crippen LogP) is 2.22. The third-order valence-corrected chi connectivity index (χ3v) is 3.70. The van der Waals surface area contributed by atoms with Gasteiger partial charge in [-0.2, -0.15) is 0 Å². The topological polar surface area (TPSA) is 91.3 Å². The van der Waals surface area contributed by atoms with Gasteiger partial charge in [0.05, 0.1) is 24.2 Å². The first-order valence-corrected chi connectivity index (χ1v) is 6.57. The maximum Gasteiger partial charge on any atom is 0.410 e. The van der Waals surface area contributed by atoms with Gasteiger partial charge in [0.15, 0.2) is 11.5 Å². The fourth-order valence-electron chi connectivity index (χ4n) is 2.65. The maximum absolute atomic E-state index is 11.4. The summed E-state index contributed by atoms with van der Waals surface area (Å²) < 4.78 is 5.99. The molecule has 3 rings (SSSR count). The van der Waals surface area contributed by atoms with Gasteiger partial charge in [-0.05, 0) is 19.8 Å². The molecule has 0 aromatic carbocycles. The van der Waals surface area contributed by atoms with Gasteiger partial charge in [-0.15, -0.1) is 0 Å². The first-order chi connectivity index (χ1) is 9.60. The summed E-state index contributed by atoms with van der Waals surface area (Å²) in [5.74, 6) is 0.499. The molecule has 2 aromatic heterocycles. The Hall–Kier alpha value is -2.31. The lowest BCUT2D eigenvalue weighted by atomic mass is 10.0. The van der Waals surface area contributed by atoms with Crippen molar-refractivity contribution in [2.24, 2.45) is 0 Å². The van der Waals surface area contributed by atoms with E-state index in [9.17, 15) is 9.90 Å². The molecule has 2 aromatic rings. The SMILES string of the molecule is CC1(Oc2cncc3[nH]cnc23)CCCCN1C(=O)O. The summed E-state index contributed by atoms with van der Waals surface area (Å²) in [5, 5.41) is 9.33. The molecule has 0 bridgehead atoms. The molecule has 1 amide bonds. The normalized spacial score (nSPS) is 22.9. The minimum absolute atomic E-state index is 0.482. The Balaban J connectivity index is 1.95. The first kappa shape index (κ1) is 12.7. The Kier molecular flexibility index (Phi) is 2.96. The van der Waals surface area contributed by atoms with E-state index in [-0.39, 0.29) is 0 Å². The van der Waals surface area contributed by atoms with Gasteiger partial charge < -0.3 is 14.8 Å². The molecule has 1 fully saturated rings. The number of aromatic nitrogens is 3. The molecule has 0 saturated carbocycles. The van der Waals surface area contributed by atoms with Gasteiger partial charge in [0.2, 0.25) is 0 Å². The highest BCUT2D eigenvalue weighted by Gasteiger charge is 2.40. The van der Waals surface area contributed by atoms with Gasteiger partial charge in [-0.1, -0.05) is 0 Å². The average molecular weight is 276 g/mol. The minimum atomic E-state index is -0.964. The van der Waals surface area contributed by atoms with E-state index in [2.05, 4.69) is 15.0 Å². The van der Waals surface area contributed by atoms with Crippen molar-refractivity contribution in [2.45, 2.75) is 31.9 Å². The van der Waals surface area contributed by atoms with Crippen molar-refractivity contribution >= 4 is 17.1 Å². The summed E-state index contributed by atoms with van der Waals surface area (Å²) in [7, 11) is 0. The highest BCUT2D eigenvalue weighted by molar-refractivity contribution is 5.79. The highest BCUT2D eigenvalue weighted by atomic mass is 16.5. The van der Waals surface area contributed by atoms with E-state index in [1.807, 2.05) is 0 Å². The Labute approximate surface area is 115 Å². The Bertz CT molecular complexity index is 641. The van der Waals surface area contributed by atoms with Crippen molar-refractivity contribution < 1.29 is 14.6 Å². The molecule has 7 nitrogen and oxygen atoms in total. The van der Waals surface area contributed by atoms with Crippen molar-refractivity contribution in [3.63, 3.8) is 0 Å². The third kappa shape index (κ3) is 2.04. The van der Waals surface area contributed by atoms with E-state index in [0.717, 1.165) is 18.4 Å². The second-order valence-corrected chi connectivity index (χ2v) is 5.10. The summed E-state index contributed by atoms with van der Waals surface area (Å²) in [5.41, 5.74) is 0.555. The molecule has 0 radical (unpaired) electrons. The lowest BCUT2D eigenvalue weighted by Gasteiger charge is -2.42. The van der Waals surface area contributed by atoms with Crippen LogP contribution in [0.2, 0.25) is 0 Å². The molecule has 3 heterocycles. The number of H-pyrrole nitrogens is 1. The Morgan fingerprint density at radius 1 is 1.50 bits per heavy atom. The minimum Gasteiger partial charge on any atom is -0.465 e. The van der Waals surface area contributed by atoms with Crippen LogP contribution in [0.4, 0.5) is 4.79 Å². The first-order valence-electron chi connectivity index (χ1n) is 6.57. The second-order valence-electron chi connectivity index (χ2n) is 5.10. The van der Waals surface area contributed by atoms with Crippen LogP contribution in [-0.2, 0) is 0 Å². The van der Waals surface area contributed by atoms with Crippen LogP contribution in [0.15, 0.2) is 18.7 Å². The van der Waals surface area contributed by atoms with Crippen molar-refractivity contribution in [1.82, 2.24) is 19.9 Å².